The van der Waals surface area contributed by atoms with Gasteiger partial charge in [-0.3, -0.25) is 4.79 Å². The molecule has 0 radical (unpaired) electrons. The highest BCUT2D eigenvalue weighted by Gasteiger charge is 2.39. The molecule has 0 aromatic carbocycles. The van der Waals surface area contributed by atoms with Crippen molar-refractivity contribution < 1.29 is 24.5 Å². The zero-order chi connectivity index (χ0) is 13.9. The van der Waals surface area contributed by atoms with Crippen LogP contribution < -0.4 is 0 Å². The van der Waals surface area contributed by atoms with Crippen LogP contribution >= 0.6 is 0 Å². The largest absolute Gasteiger partial charge is 0.481 e. The van der Waals surface area contributed by atoms with Crippen molar-refractivity contribution >= 4 is 12.0 Å². The van der Waals surface area contributed by atoms with Crippen molar-refractivity contribution in [3.05, 3.63) is 0 Å². The van der Waals surface area contributed by atoms with Gasteiger partial charge in [0.25, 0.3) is 0 Å². The summed E-state index contributed by atoms with van der Waals surface area (Å²) in [5, 5.41) is 18.3. The van der Waals surface area contributed by atoms with Gasteiger partial charge in [0.2, 0.25) is 0 Å². The topological polar surface area (TPSA) is 90.3 Å². The Morgan fingerprint density at radius 2 is 2.00 bits per heavy atom. The van der Waals surface area contributed by atoms with Crippen LogP contribution in [-0.2, 0) is 9.53 Å². The van der Waals surface area contributed by atoms with Crippen molar-refractivity contribution in [2.24, 2.45) is 5.92 Å². The molecule has 104 valence electrons. The lowest BCUT2D eigenvalue weighted by Gasteiger charge is -2.31. The van der Waals surface area contributed by atoms with Crippen LogP contribution in [0.1, 0.15) is 6.92 Å². The van der Waals surface area contributed by atoms with Crippen molar-refractivity contribution in [1.29, 1.82) is 0 Å². The molecule has 3 atom stereocenters. The van der Waals surface area contributed by atoms with Crippen LogP contribution in [0.3, 0.4) is 0 Å². The molecule has 0 bridgehead atoms. The maximum atomic E-state index is 12.0. The van der Waals surface area contributed by atoms with Gasteiger partial charge < -0.3 is 24.7 Å². The van der Waals surface area contributed by atoms with E-state index in [0.717, 1.165) is 0 Å². The second kappa shape index (κ2) is 6.01. The Balaban J connectivity index is 2.65. The Kier molecular flexibility index (Phi) is 4.92. The van der Waals surface area contributed by atoms with Crippen molar-refractivity contribution in [3.63, 3.8) is 0 Å². The molecule has 2 N–H and O–H groups in total. The normalized spacial score (nSPS) is 24.7. The SMILES string of the molecule is CC(O)CN(C)C(=O)N(C)C1COCC1C(=O)O. The number of carbonyl (C=O) groups excluding carboxylic acids is 1. The van der Waals surface area contributed by atoms with Crippen molar-refractivity contribution in [3.8, 4) is 0 Å². The first-order valence-electron chi connectivity index (χ1n) is 5.81. The van der Waals surface area contributed by atoms with E-state index in [1.54, 1.807) is 21.0 Å². The zero-order valence-corrected chi connectivity index (χ0v) is 10.9. The maximum Gasteiger partial charge on any atom is 0.319 e. The van der Waals surface area contributed by atoms with E-state index in [-0.39, 0.29) is 25.8 Å². The van der Waals surface area contributed by atoms with Gasteiger partial charge in [-0.2, -0.15) is 0 Å². The Morgan fingerprint density at radius 1 is 1.39 bits per heavy atom. The number of likely N-dealkylation sites (N-methyl/N-ethyl adjacent to an activating group) is 2. The van der Waals surface area contributed by atoms with Gasteiger partial charge in [0.05, 0.1) is 25.4 Å². The molecule has 0 aromatic rings. The lowest BCUT2D eigenvalue weighted by Crippen LogP contribution is -2.50. The lowest BCUT2D eigenvalue weighted by atomic mass is 10.0. The first-order chi connectivity index (χ1) is 8.34. The second-order valence-corrected chi connectivity index (χ2v) is 4.67. The maximum absolute atomic E-state index is 12.0. The molecule has 1 aliphatic heterocycles. The summed E-state index contributed by atoms with van der Waals surface area (Å²) in [5.74, 6) is -1.66. The molecular weight excluding hydrogens is 240 g/mol. The molecule has 7 nitrogen and oxygen atoms in total. The average molecular weight is 260 g/mol. The van der Waals surface area contributed by atoms with E-state index in [1.165, 1.54) is 9.80 Å². The van der Waals surface area contributed by atoms with Gasteiger partial charge in [0, 0.05) is 20.6 Å². The molecule has 1 saturated heterocycles. The predicted molar refractivity (Wildman–Crippen MR) is 63.2 cm³/mol. The number of carboxylic acids is 1. The Morgan fingerprint density at radius 3 is 2.50 bits per heavy atom. The van der Waals surface area contributed by atoms with E-state index in [9.17, 15) is 14.7 Å². The fraction of sp³-hybridized carbons (Fsp3) is 0.818. The first-order valence-corrected chi connectivity index (χ1v) is 5.81. The Bertz CT molecular complexity index is 321. The third-order valence-electron chi connectivity index (χ3n) is 3.03. The second-order valence-electron chi connectivity index (χ2n) is 4.67. The van der Waals surface area contributed by atoms with Gasteiger partial charge in [-0.25, -0.2) is 4.79 Å². The van der Waals surface area contributed by atoms with Crippen molar-refractivity contribution in [2.75, 3.05) is 33.9 Å². The predicted octanol–water partition coefficient (Wildman–Crippen LogP) is -0.550. The van der Waals surface area contributed by atoms with Gasteiger partial charge in [0.15, 0.2) is 0 Å². The number of hydrogen-bond acceptors (Lipinski definition) is 4. The van der Waals surface area contributed by atoms with Crippen LogP contribution in [0, 0.1) is 5.92 Å². The molecule has 1 aliphatic rings. The third-order valence-corrected chi connectivity index (χ3v) is 3.03. The number of urea groups is 1. The number of rotatable bonds is 4. The van der Waals surface area contributed by atoms with E-state index < -0.39 is 24.0 Å². The molecule has 0 aliphatic carbocycles. The van der Waals surface area contributed by atoms with Crippen LogP contribution in [0.4, 0.5) is 4.79 Å². The molecule has 2 amide bonds. The number of amides is 2. The van der Waals surface area contributed by atoms with Crippen LogP contribution in [0.5, 0.6) is 0 Å². The third kappa shape index (κ3) is 3.33. The smallest absolute Gasteiger partial charge is 0.319 e. The molecule has 0 saturated carbocycles. The van der Waals surface area contributed by atoms with Gasteiger partial charge >= 0.3 is 12.0 Å². The number of hydrogen-bond donors (Lipinski definition) is 2. The monoisotopic (exact) mass is 260 g/mol. The number of aliphatic hydroxyl groups excluding tert-OH is 1. The number of aliphatic hydroxyl groups is 1. The fourth-order valence-electron chi connectivity index (χ4n) is 2.05. The molecule has 1 heterocycles. The van der Waals surface area contributed by atoms with Crippen molar-refractivity contribution in [2.45, 2.75) is 19.1 Å². The van der Waals surface area contributed by atoms with E-state index in [0.29, 0.717) is 0 Å². The Labute approximate surface area is 106 Å². The molecule has 0 aromatic heterocycles. The van der Waals surface area contributed by atoms with Crippen LogP contribution in [0.15, 0.2) is 0 Å². The summed E-state index contributed by atoms with van der Waals surface area (Å²) in [6, 6.07) is -0.788. The number of carboxylic acid groups (broad SMARTS) is 1. The summed E-state index contributed by atoms with van der Waals surface area (Å²) in [7, 11) is 3.12. The molecule has 1 fully saturated rings. The summed E-state index contributed by atoms with van der Waals surface area (Å²) in [6.07, 6.45) is -0.623. The molecule has 1 rings (SSSR count). The molecule has 7 heteroatoms. The van der Waals surface area contributed by atoms with Crippen molar-refractivity contribution in [1.82, 2.24) is 9.80 Å². The average Bonchev–Trinajstić information content (AvgIpc) is 2.74. The van der Waals surface area contributed by atoms with E-state index in [2.05, 4.69) is 0 Å². The lowest BCUT2D eigenvalue weighted by molar-refractivity contribution is -0.142. The van der Waals surface area contributed by atoms with Gasteiger partial charge in [-0.1, -0.05) is 0 Å². The highest BCUT2D eigenvalue weighted by Crippen LogP contribution is 2.19. The van der Waals surface area contributed by atoms with E-state index in [1.807, 2.05) is 0 Å². The van der Waals surface area contributed by atoms with Gasteiger partial charge in [-0.15, -0.1) is 0 Å². The quantitative estimate of drug-likeness (QED) is 0.708. The summed E-state index contributed by atoms with van der Waals surface area (Å²) in [6.45, 7) is 2.14. The standard InChI is InChI=1S/C11H20N2O5/c1-7(14)4-12(2)11(17)13(3)9-6-18-5-8(9)10(15)16/h7-9,14H,4-6H2,1-3H3,(H,15,16). The number of nitrogens with zero attached hydrogens (tertiary/aromatic N) is 2. The number of ether oxygens (including phenoxy) is 1. The molecule has 18 heavy (non-hydrogen) atoms. The van der Waals surface area contributed by atoms with Gasteiger partial charge in [-0.05, 0) is 6.92 Å². The minimum Gasteiger partial charge on any atom is -0.481 e. The summed E-state index contributed by atoms with van der Waals surface area (Å²) >= 11 is 0. The summed E-state index contributed by atoms with van der Waals surface area (Å²) in [5.41, 5.74) is 0. The molecular formula is C11H20N2O5. The van der Waals surface area contributed by atoms with Crippen LogP contribution in [0.2, 0.25) is 0 Å². The molecule has 0 spiro atoms. The highest BCUT2D eigenvalue weighted by atomic mass is 16.5. The van der Waals surface area contributed by atoms with Crippen LogP contribution in [-0.4, -0.2) is 78.0 Å². The van der Waals surface area contributed by atoms with Crippen LogP contribution in [0.25, 0.3) is 0 Å². The minimum atomic E-state index is -0.963. The summed E-state index contributed by atoms with van der Waals surface area (Å²) in [4.78, 5) is 25.8. The highest BCUT2D eigenvalue weighted by molar-refractivity contribution is 5.77. The first kappa shape index (κ1) is 14.7. The number of carbonyl (C=O) groups is 2. The zero-order valence-electron chi connectivity index (χ0n) is 10.9. The molecule has 3 unspecified atom stereocenters. The fourth-order valence-corrected chi connectivity index (χ4v) is 2.05. The van der Waals surface area contributed by atoms with Gasteiger partial charge in [0.1, 0.15) is 5.92 Å². The van der Waals surface area contributed by atoms with E-state index >= 15 is 0 Å². The Hall–Kier alpha value is -1.34. The summed E-state index contributed by atoms with van der Waals surface area (Å²) < 4.78 is 5.12. The van der Waals surface area contributed by atoms with E-state index in [4.69, 9.17) is 9.84 Å². The number of aliphatic carboxylic acids is 1. The minimum absolute atomic E-state index is 0.123.